The molecule has 0 unspecified atom stereocenters. The Bertz CT molecular complexity index is 581. The number of rotatable bonds is 3. The lowest BCUT2D eigenvalue weighted by molar-refractivity contribution is -0.140. The van der Waals surface area contributed by atoms with E-state index in [0.717, 1.165) is 31.7 Å². The summed E-state index contributed by atoms with van der Waals surface area (Å²) in [5.74, 6) is -0.388. The van der Waals surface area contributed by atoms with E-state index in [9.17, 15) is 9.18 Å². The summed E-state index contributed by atoms with van der Waals surface area (Å²) in [6, 6.07) is 5.59. The largest absolute Gasteiger partial charge is 0.426 e. The summed E-state index contributed by atoms with van der Waals surface area (Å²) in [7, 11) is 0. The first-order chi connectivity index (χ1) is 10.1. The molecule has 0 aliphatic heterocycles. The number of hydrogen-bond acceptors (Lipinski definition) is 3. The number of carbonyl (C=O) groups excluding carboxylic acids is 1. The third-order valence-electron chi connectivity index (χ3n) is 3.85. The molecule has 0 spiro atoms. The Labute approximate surface area is 124 Å². The van der Waals surface area contributed by atoms with Crippen LogP contribution in [0.3, 0.4) is 0 Å². The van der Waals surface area contributed by atoms with E-state index < -0.39 is 5.82 Å². The van der Waals surface area contributed by atoms with Gasteiger partial charge in [0.15, 0.2) is 0 Å². The van der Waals surface area contributed by atoms with E-state index in [1.807, 2.05) is 13.0 Å². The molecule has 2 rings (SSSR count). The summed E-state index contributed by atoms with van der Waals surface area (Å²) in [6.45, 7) is 2.00. The van der Waals surface area contributed by atoms with Crippen molar-refractivity contribution in [2.24, 2.45) is 11.8 Å². The molecule has 0 bridgehead atoms. The maximum atomic E-state index is 13.5. The van der Waals surface area contributed by atoms with Gasteiger partial charge >= 0.3 is 5.97 Å². The van der Waals surface area contributed by atoms with Gasteiger partial charge in [-0.1, -0.05) is 12.2 Å². The van der Waals surface area contributed by atoms with Gasteiger partial charge in [-0.2, -0.15) is 5.26 Å². The summed E-state index contributed by atoms with van der Waals surface area (Å²) >= 11 is 0. The highest BCUT2D eigenvalue weighted by Crippen LogP contribution is 2.31. The molecular weight excluding hydrogens is 269 g/mol. The van der Waals surface area contributed by atoms with Gasteiger partial charge in [-0.15, -0.1) is 0 Å². The quantitative estimate of drug-likeness (QED) is 0.480. The number of nitrogens with zero attached hydrogens (tertiary/aromatic N) is 1. The van der Waals surface area contributed by atoms with E-state index >= 15 is 0 Å². The zero-order valence-electron chi connectivity index (χ0n) is 12.0. The van der Waals surface area contributed by atoms with Crippen molar-refractivity contribution in [2.45, 2.75) is 32.6 Å². The number of halogens is 1. The Morgan fingerprint density at radius 3 is 2.67 bits per heavy atom. The van der Waals surface area contributed by atoms with Crippen molar-refractivity contribution in [2.75, 3.05) is 0 Å². The lowest BCUT2D eigenvalue weighted by Gasteiger charge is -2.25. The van der Waals surface area contributed by atoms with Crippen molar-refractivity contribution in [1.82, 2.24) is 0 Å². The maximum Gasteiger partial charge on any atom is 0.314 e. The topological polar surface area (TPSA) is 50.1 Å². The Hall–Kier alpha value is -2.15. The van der Waals surface area contributed by atoms with Gasteiger partial charge < -0.3 is 4.74 Å². The summed E-state index contributed by atoms with van der Waals surface area (Å²) in [6.07, 6.45) is 7.78. The number of nitriles is 1. The molecule has 0 atom stereocenters. The average molecular weight is 287 g/mol. The minimum atomic E-state index is -0.667. The van der Waals surface area contributed by atoms with Crippen molar-refractivity contribution < 1.29 is 13.9 Å². The molecule has 0 aromatic heterocycles. The average Bonchev–Trinajstić information content (AvgIpc) is 2.48. The minimum Gasteiger partial charge on any atom is -0.426 e. The molecule has 110 valence electrons. The number of benzene rings is 1. The van der Waals surface area contributed by atoms with Crippen LogP contribution in [0.5, 0.6) is 5.75 Å². The molecule has 0 radical (unpaired) electrons. The van der Waals surface area contributed by atoms with Gasteiger partial charge in [-0.3, -0.25) is 4.79 Å². The second kappa shape index (κ2) is 7.03. The zero-order valence-corrected chi connectivity index (χ0v) is 12.0. The number of esters is 1. The van der Waals surface area contributed by atoms with E-state index in [2.05, 4.69) is 6.08 Å². The van der Waals surface area contributed by atoms with Crippen LogP contribution in [0.15, 0.2) is 30.4 Å². The maximum absolute atomic E-state index is 13.5. The predicted octanol–water partition coefficient (Wildman–Crippen LogP) is 3.99. The number of carbonyl (C=O) groups is 1. The highest BCUT2D eigenvalue weighted by Gasteiger charge is 2.26. The summed E-state index contributed by atoms with van der Waals surface area (Å²) in [5.41, 5.74) is -0.0540. The first-order valence-electron chi connectivity index (χ1n) is 7.18. The first-order valence-corrected chi connectivity index (χ1v) is 7.18. The van der Waals surface area contributed by atoms with Gasteiger partial charge in [0.25, 0.3) is 0 Å². The molecule has 1 aliphatic carbocycles. The van der Waals surface area contributed by atoms with Crippen molar-refractivity contribution >= 4 is 5.97 Å². The summed E-state index contributed by atoms with van der Waals surface area (Å²) < 4.78 is 18.7. The third-order valence-corrected chi connectivity index (χ3v) is 3.85. The molecule has 1 aliphatic rings. The molecule has 0 saturated heterocycles. The fourth-order valence-corrected chi connectivity index (χ4v) is 2.67. The Morgan fingerprint density at radius 1 is 1.38 bits per heavy atom. The zero-order chi connectivity index (χ0) is 15.2. The fourth-order valence-electron chi connectivity index (χ4n) is 2.67. The molecule has 1 aromatic carbocycles. The molecule has 4 heteroatoms. The molecule has 0 amide bonds. The van der Waals surface area contributed by atoms with Crippen LogP contribution < -0.4 is 4.74 Å². The lowest BCUT2D eigenvalue weighted by atomic mass is 9.82. The number of ether oxygens (including phenoxy) is 1. The van der Waals surface area contributed by atoms with E-state index in [1.165, 1.54) is 12.1 Å². The number of allylic oxidation sites excluding steroid dienone is 2. The molecule has 1 aromatic rings. The van der Waals surface area contributed by atoms with Gasteiger partial charge in [0.1, 0.15) is 17.6 Å². The molecule has 0 N–H and O–H groups in total. The molecule has 3 nitrogen and oxygen atoms in total. The molecule has 1 saturated carbocycles. The number of hydrogen-bond donors (Lipinski definition) is 0. The standard InChI is InChI=1S/C17H18FNO2/c1-2-3-12-4-6-13(7-5-12)17(20)21-15-9-8-14(11-19)16(18)10-15/h2-3,8-10,12-13H,4-7H2,1H3/t12-,13-. The van der Waals surface area contributed by atoms with Crippen molar-refractivity contribution in [3.63, 3.8) is 0 Å². The van der Waals surface area contributed by atoms with Crippen LogP contribution in [0.4, 0.5) is 4.39 Å². The van der Waals surface area contributed by atoms with Crippen LogP contribution in [0.25, 0.3) is 0 Å². The Balaban J connectivity index is 1.93. The van der Waals surface area contributed by atoms with Gasteiger partial charge in [-0.05, 0) is 50.7 Å². The third kappa shape index (κ3) is 3.91. The van der Waals surface area contributed by atoms with E-state index in [0.29, 0.717) is 5.92 Å². The van der Waals surface area contributed by atoms with Crippen molar-refractivity contribution in [3.05, 3.63) is 41.7 Å². The lowest BCUT2D eigenvalue weighted by Crippen LogP contribution is -2.25. The van der Waals surface area contributed by atoms with E-state index in [-0.39, 0.29) is 23.2 Å². The van der Waals surface area contributed by atoms with Gasteiger partial charge in [-0.25, -0.2) is 4.39 Å². The highest BCUT2D eigenvalue weighted by atomic mass is 19.1. The second-order valence-corrected chi connectivity index (χ2v) is 5.31. The van der Waals surface area contributed by atoms with Crippen LogP contribution >= 0.6 is 0 Å². The van der Waals surface area contributed by atoms with Crippen LogP contribution in [0, 0.1) is 29.0 Å². The van der Waals surface area contributed by atoms with Crippen LogP contribution in [0.1, 0.15) is 38.2 Å². The normalized spacial score (nSPS) is 22.0. The second-order valence-electron chi connectivity index (χ2n) is 5.31. The van der Waals surface area contributed by atoms with E-state index in [1.54, 1.807) is 6.07 Å². The van der Waals surface area contributed by atoms with Crippen molar-refractivity contribution in [3.8, 4) is 11.8 Å². The summed E-state index contributed by atoms with van der Waals surface area (Å²) in [4.78, 5) is 12.1. The van der Waals surface area contributed by atoms with Crippen molar-refractivity contribution in [1.29, 1.82) is 5.26 Å². The molecule has 0 heterocycles. The SMILES string of the molecule is CC=C[C@H]1CC[C@H](C(=O)Oc2ccc(C#N)c(F)c2)CC1. The van der Waals surface area contributed by atoms with E-state index in [4.69, 9.17) is 10.00 Å². The van der Waals surface area contributed by atoms with Gasteiger partial charge in [0.2, 0.25) is 0 Å². The van der Waals surface area contributed by atoms with Crippen LogP contribution in [-0.2, 0) is 4.79 Å². The fraction of sp³-hybridized carbons (Fsp3) is 0.412. The van der Waals surface area contributed by atoms with Crippen LogP contribution in [0.2, 0.25) is 0 Å². The Morgan fingerprint density at radius 2 is 2.10 bits per heavy atom. The molecule has 1 fully saturated rings. The van der Waals surface area contributed by atoms with Gasteiger partial charge in [0.05, 0.1) is 11.5 Å². The summed E-state index contributed by atoms with van der Waals surface area (Å²) in [5, 5.41) is 8.66. The monoisotopic (exact) mass is 287 g/mol. The molecule has 21 heavy (non-hydrogen) atoms. The predicted molar refractivity (Wildman–Crippen MR) is 77.0 cm³/mol. The highest BCUT2D eigenvalue weighted by molar-refractivity contribution is 5.75. The Kier molecular flexibility index (Phi) is 5.10. The van der Waals surface area contributed by atoms with Crippen LogP contribution in [-0.4, -0.2) is 5.97 Å². The van der Waals surface area contributed by atoms with Gasteiger partial charge in [0, 0.05) is 6.07 Å². The molecular formula is C17H18FNO2. The minimum absolute atomic E-state index is 0.0540. The first kappa shape index (κ1) is 15.2. The smallest absolute Gasteiger partial charge is 0.314 e.